The zero-order chi connectivity index (χ0) is 14.2. The third-order valence-corrected chi connectivity index (χ3v) is 4.24. The molecule has 0 aliphatic rings. The van der Waals surface area contributed by atoms with E-state index in [9.17, 15) is 4.39 Å². The summed E-state index contributed by atoms with van der Waals surface area (Å²) in [5.74, 6) is -0.607. The molecule has 0 aliphatic heterocycles. The largest absolute Gasteiger partial charge is 0.397 e. The fraction of sp³-hybridized carbons (Fsp3) is 0.167. The van der Waals surface area contributed by atoms with Crippen molar-refractivity contribution in [2.45, 2.75) is 6.54 Å². The summed E-state index contributed by atoms with van der Waals surface area (Å²) < 4.78 is 14.8. The Morgan fingerprint density at radius 3 is 2.53 bits per heavy atom. The number of nitrogens with two attached hydrogens (primary N) is 2. The molecule has 0 amide bonds. The van der Waals surface area contributed by atoms with Crippen LogP contribution in [0, 0.1) is 5.82 Å². The van der Waals surface area contributed by atoms with Crippen molar-refractivity contribution in [1.82, 2.24) is 0 Å². The summed E-state index contributed by atoms with van der Waals surface area (Å²) in [5.41, 5.74) is 12.0. The highest BCUT2D eigenvalue weighted by molar-refractivity contribution is 7.16. The molecule has 1 heterocycles. The first kappa shape index (κ1) is 14.2. The molecular weight excluding hydrogens is 308 g/mol. The number of hydrogen-bond acceptors (Lipinski definition) is 4. The third kappa shape index (κ3) is 2.88. The van der Waals surface area contributed by atoms with E-state index in [-0.39, 0.29) is 22.1 Å². The molecule has 0 saturated heterocycles. The van der Waals surface area contributed by atoms with Crippen molar-refractivity contribution >= 4 is 51.6 Å². The molecule has 0 saturated carbocycles. The number of benzene rings is 1. The van der Waals surface area contributed by atoms with Gasteiger partial charge in [-0.2, -0.15) is 0 Å². The van der Waals surface area contributed by atoms with E-state index in [0.717, 1.165) is 4.88 Å². The molecule has 0 unspecified atom stereocenters. The van der Waals surface area contributed by atoms with E-state index >= 15 is 0 Å². The molecule has 1 aromatic carbocycles. The number of nitrogen functional groups attached to an aromatic ring is 2. The van der Waals surface area contributed by atoms with Crippen LogP contribution in [0.1, 0.15) is 4.88 Å². The van der Waals surface area contributed by atoms with E-state index in [0.29, 0.717) is 10.9 Å². The number of thiophene rings is 1. The monoisotopic (exact) mass is 319 g/mol. The third-order valence-electron chi connectivity index (χ3n) is 2.64. The lowest BCUT2D eigenvalue weighted by Gasteiger charge is -2.22. The van der Waals surface area contributed by atoms with E-state index in [1.807, 2.05) is 6.07 Å². The lowest BCUT2D eigenvalue weighted by molar-refractivity contribution is 0.624. The number of halogens is 3. The van der Waals surface area contributed by atoms with Crippen molar-refractivity contribution in [2.24, 2.45) is 0 Å². The predicted molar refractivity (Wildman–Crippen MR) is 81.7 cm³/mol. The van der Waals surface area contributed by atoms with E-state index in [1.165, 1.54) is 17.4 Å². The Labute approximate surface area is 124 Å². The van der Waals surface area contributed by atoms with Crippen molar-refractivity contribution in [2.75, 3.05) is 23.4 Å². The van der Waals surface area contributed by atoms with E-state index in [2.05, 4.69) is 0 Å². The van der Waals surface area contributed by atoms with Gasteiger partial charge in [0.1, 0.15) is 5.02 Å². The van der Waals surface area contributed by atoms with Gasteiger partial charge in [0.2, 0.25) is 0 Å². The van der Waals surface area contributed by atoms with E-state index < -0.39 is 5.82 Å². The molecule has 7 heteroatoms. The second kappa shape index (κ2) is 5.45. The molecule has 0 spiro atoms. The van der Waals surface area contributed by atoms with Crippen LogP contribution in [0.5, 0.6) is 0 Å². The Kier molecular flexibility index (Phi) is 4.08. The van der Waals surface area contributed by atoms with Crippen LogP contribution in [0.15, 0.2) is 18.2 Å². The van der Waals surface area contributed by atoms with Crippen LogP contribution in [0.25, 0.3) is 0 Å². The smallest absolute Gasteiger partial charge is 0.169 e. The molecule has 19 heavy (non-hydrogen) atoms. The van der Waals surface area contributed by atoms with Crippen LogP contribution in [0.2, 0.25) is 9.36 Å². The minimum absolute atomic E-state index is 0.111. The maximum absolute atomic E-state index is 14.1. The van der Waals surface area contributed by atoms with Crippen molar-refractivity contribution in [1.29, 1.82) is 0 Å². The van der Waals surface area contributed by atoms with Gasteiger partial charge >= 0.3 is 0 Å². The minimum atomic E-state index is -0.607. The van der Waals surface area contributed by atoms with Crippen LogP contribution in [0.3, 0.4) is 0 Å². The van der Waals surface area contributed by atoms with Crippen molar-refractivity contribution in [3.05, 3.63) is 38.3 Å². The van der Waals surface area contributed by atoms with Crippen molar-refractivity contribution in [3.63, 3.8) is 0 Å². The van der Waals surface area contributed by atoms with E-state index in [4.69, 9.17) is 34.7 Å². The van der Waals surface area contributed by atoms with Crippen LogP contribution < -0.4 is 16.4 Å². The normalized spacial score (nSPS) is 10.7. The van der Waals surface area contributed by atoms with Crippen LogP contribution in [-0.4, -0.2) is 7.05 Å². The van der Waals surface area contributed by atoms with Crippen LogP contribution >= 0.6 is 34.5 Å². The van der Waals surface area contributed by atoms with Gasteiger partial charge in [-0.25, -0.2) is 4.39 Å². The van der Waals surface area contributed by atoms with Gasteiger partial charge in [0, 0.05) is 11.9 Å². The minimum Gasteiger partial charge on any atom is -0.397 e. The summed E-state index contributed by atoms with van der Waals surface area (Å²) >= 11 is 13.1. The van der Waals surface area contributed by atoms with Crippen molar-refractivity contribution in [3.8, 4) is 0 Å². The van der Waals surface area contributed by atoms with Gasteiger partial charge < -0.3 is 16.4 Å². The highest BCUT2D eigenvalue weighted by atomic mass is 35.5. The molecule has 2 rings (SSSR count). The van der Waals surface area contributed by atoms with Gasteiger partial charge in [0.05, 0.1) is 27.9 Å². The first-order valence-electron chi connectivity index (χ1n) is 5.38. The summed E-state index contributed by atoms with van der Waals surface area (Å²) in [5, 5.41) is -0.111. The molecule has 0 atom stereocenters. The van der Waals surface area contributed by atoms with Gasteiger partial charge in [-0.1, -0.05) is 23.2 Å². The molecule has 0 radical (unpaired) electrons. The average Bonchev–Trinajstić information content (AvgIpc) is 2.72. The zero-order valence-corrected chi connectivity index (χ0v) is 12.4. The Morgan fingerprint density at radius 1 is 1.26 bits per heavy atom. The molecule has 2 aromatic rings. The number of anilines is 3. The lowest BCUT2D eigenvalue weighted by atomic mass is 10.2. The second-order valence-corrected chi connectivity index (χ2v) is 6.27. The Balaban J connectivity index is 2.33. The SMILES string of the molecule is CN(Cc1ccc(Cl)s1)c1c(N)cc(N)c(Cl)c1F. The first-order chi connectivity index (χ1) is 8.90. The number of nitrogens with zero attached hydrogens (tertiary/aromatic N) is 1. The topological polar surface area (TPSA) is 55.3 Å². The quantitative estimate of drug-likeness (QED) is 0.841. The van der Waals surface area contributed by atoms with Crippen LogP contribution in [-0.2, 0) is 6.54 Å². The average molecular weight is 320 g/mol. The van der Waals surface area contributed by atoms with Gasteiger partial charge in [0.15, 0.2) is 5.82 Å². The van der Waals surface area contributed by atoms with Gasteiger partial charge in [0.25, 0.3) is 0 Å². The van der Waals surface area contributed by atoms with Gasteiger partial charge in [-0.05, 0) is 18.2 Å². The predicted octanol–water partition coefficient (Wildman–Crippen LogP) is 3.99. The van der Waals surface area contributed by atoms with Crippen molar-refractivity contribution < 1.29 is 4.39 Å². The maximum atomic E-state index is 14.1. The molecule has 1 aromatic heterocycles. The molecule has 4 N–H and O–H groups in total. The molecule has 0 bridgehead atoms. The molecular formula is C12H12Cl2FN3S. The summed E-state index contributed by atoms with van der Waals surface area (Å²) in [6, 6.07) is 5.14. The maximum Gasteiger partial charge on any atom is 0.169 e. The second-order valence-electron chi connectivity index (χ2n) is 4.09. The fourth-order valence-corrected chi connectivity index (χ4v) is 3.08. The zero-order valence-electron chi connectivity index (χ0n) is 10.1. The summed E-state index contributed by atoms with van der Waals surface area (Å²) in [7, 11) is 1.73. The van der Waals surface area contributed by atoms with E-state index in [1.54, 1.807) is 18.0 Å². The van der Waals surface area contributed by atoms with Gasteiger partial charge in [-0.15, -0.1) is 11.3 Å². The summed E-state index contributed by atoms with van der Waals surface area (Å²) in [6.45, 7) is 0.485. The first-order valence-corrected chi connectivity index (χ1v) is 6.95. The Hall–Kier alpha value is -1.17. The highest BCUT2D eigenvalue weighted by Gasteiger charge is 2.18. The molecule has 0 aliphatic carbocycles. The molecule has 102 valence electrons. The standard InChI is InChI=1S/C12H12Cl2FN3S/c1-18(5-6-2-3-9(13)19-6)12-8(17)4-7(16)10(14)11(12)15/h2-4H,5,16-17H2,1H3. The Morgan fingerprint density at radius 2 is 1.95 bits per heavy atom. The number of hydrogen-bond donors (Lipinski definition) is 2. The molecule has 0 fully saturated rings. The lowest BCUT2D eigenvalue weighted by Crippen LogP contribution is -2.19. The summed E-state index contributed by atoms with van der Waals surface area (Å²) in [4.78, 5) is 2.68. The van der Waals surface area contributed by atoms with Crippen LogP contribution in [0.4, 0.5) is 21.5 Å². The molecule has 3 nitrogen and oxygen atoms in total. The fourth-order valence-electron chi connectivity index (χ4n) is 1.79. The highest BCUT2D eigenvalue weighted by Crippen LogP contribution is 2.36. The number of rotatable bonds is 3. The van der Waals surface area contributed by atoms with Gasteiger partial charge in [-0.3, -0.25) is 0 Å². The Bertz CT molecular complexity index is 615. The summed E-state index contributed by atoms with van der Waals surface area (Å²) in [6.07, 6.45) is 0.